The maximum Gasteiger partial charge on any atom is 0.0767 e. The molecule has 2 rings (SSSR count). The van der Waals surface area contributed by atoms with Crippen molar-refractivity contribution in [3.8, 4) is 6.07 Å². The maximum atomic E-state index is 9.13. The van der Waals surface area contributed by atoms with Gasteiger partial charge in [-0.15, -0.1) is 0 Å². The Morgan fingerprint density at radius 3 is 2.29 bits per heavy atom. The summed E-state index contributed by atoms with van der Waals surface area (Å²) in [6.07, 6.45) is 2.98. The van der Waals surface area contributed by atoms with Gasteiger partial charge in [0.1, 0.15) is 0 Å². The summed E-state index contributed by atoms with van der Waals surface area (Å²) >= 11 is 0. The minimum absolute atomic E-state index is 0.124. The van der Waals surface area contributed by atoms with Gasteiger partial charge in [0.15, 0.2) is 0 Å². The van der Waals surface area contributed by atoms with Crippen LogP contribution in [0.5, 0.6) is 0 Å². The maximum absolute atomic E-state index is 9.13. The van der Waals surface area contributed by atoms with E-state index in [-0.39, 0.29) is 11.5 Å². The van der Waals surface area contributed by atoms with E-state index in [1.165, 1.54) is 5.56 Å². The van der Waals surface area contributed by atoms with Crippen molar-refractivity contribution in [2.75, 3.05) is 0 Å². The molecule has 0 saturated heterocycles. The largest absolute Gasteiger partial charge is 0.323 e. The van der Waals surface area contributed by atoms with Gasteiger partial charge in [0, 0.05) is 6.04 Å². The van der Waals surface area contributed by atoms with E-state index in [1.807, 2.05) is 0 Å². The SMILES string of the molecule is CC(C)Cc1ccc(C(N)C2(C#N)CC2)cc1. The summed E-state index contributed by atoms with van der Waals surface area (Å²) in [6, 6.07) is 10.7. The zero-order chi connectivity index (χ0) is 12.5. The predicted octanol–water partition coefficient (Wildman–Crippen LogP) is 3.19. The van der Waals surface area contributed by atoms with E-state index in [1.54, 1.807) is 0 Å². The first kappa shape index (κ1) is 12.1. The average molecular weight is 228 g/mol. The van der Waals surface area contributed by atoms with Crippen molar-refractivity contribution in [2.45, 2.75) is 39.2 Å². The average Bonchev–Trinajstić information content (AvgIpc) is 3.09. The molecule has 2 nitrogen and oxygen atoms in total. The van der Waals surface area contributed by atoms with Crippen LogP contribution in [-0.4, -0.2) is 0 Å². The molecule has 2 heteroatoms. The van der Waals surface area contributed by atoms with Crippen LogP contribution < -0.4 is 5.73 Å². The summed E-state index contributed by atoms with van der Waals surface area (Å²) in [7, 11) is 0. The van der Waals surface area contributed by atoms with Crippen LogP contribution in [0.1, 0.15) is 43.9 Å². The van der Waals surface area contributed by atoms with Crippen molar-refractivity contribution in [1.29, 1.82) is 5.26 Å². The molecule has 0 heterocycles. The van der Waals surface area contributed by atoms with Gasteiger partial charge in [-0.2, -0.15) is 5.26 Å². The van der Waals surface area contributed by atoms with E-state index in [0.29, 0.717) is 5.92 Å². The van der Waals surface area contributed by atoms with Crippen LogP contribution in [0, 0.1) is 22.7 Å². The van der Waals surface area contributed by atoms with Crippen molar-refractivity contribution < 1.29 is 0 Å². The fourth-order valence-electron chi connectivity index (χ4n) is 2.28. The van der Waals surface area contributed by atoms with Gasteiger partial charge in [-0.05, 0) is 36.3 Å². The van der Waals surface area contributed by atoms with Gasteiger partial charge in [0.2, 0.25) is 0 Å². The highest BCUT2D eigenvalue weighted by molar-refractivity contribution is 5.31. The topological polar surface area (TPSA) is 49.8 Å². The van der Waals surface area contributed by atoms with Crippen molar-refractivity contribution in [3.63, 3.8) is 0 Å². The Morgan fingerprint density at radius 2 is 1.88 bits per heavy atom. The van der Waals surface area contributed by atoms with Crippen LogP contribution >= 0.6 is 0 Å². The van der Waals surface area contributed by atoms with Gasteiger partial charge < -0.3 is 5.73 Å². The first-order valence-corrected chi connectivity index (χ1v) is 6.33. The van der Waals surface area contributed by atoms with Crippen LogP contribution in [0.15, 0.2) is 24.3 Å². The monoisotopic (exact) mass is 228 g/mol. The number of benzene rings is 1. The summed E-state index contributed by atoms with van der Waals surface area (Å²) in [4.78, 5) is 0. The molecule has 0 bridgehead atoms. The lowest BCUT2D eigenvalue weighted by Crippen LogP contribution is -2.21. The molecule has 1 aromatic carbocycles. The molecule has 17 heavy (non-hydrogen) atoms. The highest BCUT2D eigenvalue weighted by Gasteiger charge is 2.49. The first-order chi connectivity index (χ1) is 8.07. The quantitative estimate of drug-likeness (QED) is 0.860. The normalized spacial score (nSPS) is 18.8. The number of hydrogen-bond donors (Lipinski definition) is 1. The lowest BCUT2D eigenvalue weighted by Gasteiger charge is -2.17. The summed E-state index contributed by atoms with van der Waals surface area (Å²) in [5.41, 5.74) is 8.34. The van der Waals surface area contributed by atoms with E-state index in [4.69, 9.17) is 11.0 Å². The van der Waals surface area contributed by atoms with E-state index in [2.05, 4.69) is 44.2 Å². The van der Waals surface area contributed by atoms with Crippen molar-refractivity contribution in [3.05, 3.63) is 35.4 Å². The van der Waals surface area contributed by atoms with E-state index in [9.17, 15) is 0 Å². The minimum atomic E-state index is -0.278. The summed E-state index contributed by atoms with van der Waals surface area (Å²) in [5.74, 6) is 0.670. The van der Waals surface area contributed by atoms with Gasteiger partial charge >= 0.3 is 0 Å². The number of nitrogens with zero attached hydrogens (tertiary/aromatic N) is 1. The molecule has 2 N–H and O–H groups in total. The van der Waals surface area contributed by atoms with E-state index in [0.717, 1.165) is 24.8 Å². The molecular formula is C15H20N2. The second-order valence-corrected chi connectivity index (χ2v) is 5.59. The summed E-state index contributed by atoms with van der Waals surface area (Å²) in [6.45, 7) is 4.43. The molecule has 1 saturated carbocycles. The Kier molecular flexibility index (Phi) is 3.22. The molecule has 1 aromatic rings. The Labute approximate surface area is 103 Å². The molecule has 1 aliphatic rings. The van der Waals surface area contributed by atoms with Crippen molar-refractivity contribution in [2.24, 2.45) is 17.1 Å². The zero-order valence-electron chi connectivity index (χ0n) is 10.6. The number of hydrogen-bond acceptors (Lipinski definition) is 2. The fourth-order valence-corrected chi connectivity index (χ4v) is 2.28. The summed E-state index contributed by atoms with van der Waals surface area (Å²) in [5, 5.41) is 9.13. The van der Waals surface area contributed by atoms with E-state index < -0.39 is 0 Å². The van der Waals surface area contributed by atoms with Crippen LogP contribution in [0.4, 0.5) is 0 Å². The smallest absolute Gasteiger partial charge is 0.0767 e. The standard InChI is InChI=1S/C15H20N2/c1-11(2)9-12-3-5-13(6-4-12)14(17)15(10-16)7-8-15/h3-6,11,14H,7-9,17H2,1-2H3. The van der Waals surface area contributed by atoms with Crippen LogP contribution in [-0.2, 0) is 6.42 Å². The first-order valence-electron chi connectivity index (χ1n) is 6.33. The Bertz CT molecular complexity index is 421. The second kappa shape index (κ2) is 4.50. The van der Waals surface area contributed by atoms with Gasteiger partial charge in [-0.3, -0.25) is 0 Å². The van der Waals surface area contributed by atoms with Gasteiger partial charge in [0.05, 0.1) is 11.5 Å². The third-order valence-corrected chi connectivity index (χ3v) is 3.59. The number of nitriles is 1. The molecule has 90 valence electrons. The lowest BCUT2D eigenvalue weighted by molar-refractivity contribution is 0.519. The Morgan fingerprint density at radius 1 is 1.29 bits per heavy atom. The molecule has 1 aliphatic carbocycles. The van der Waals surface area contributed by atoms with Crippen molar-refractivity contribution >= 4 is 0 Å². The van der Waals surface area contributed by atoms with Crippen LogP contribution in [0.3, 0.4) is 0 Å². The highest BCUT2D eigenvalue weighted by atomic mass is 14.7. The zero-order valence-corrected chi connectivity index (χ0v) is 10.6. The second-order valence-electron chi connectivity index (χ2n) is 5.59. The Hall–Kier alpha value is -1.33. The fraction of sp³-hybridized carbons (Fsp3) is 0.533. The van der Waals surface area contributed by atoms with Gasteiger partial charge in [-0.25, -0.2) is 0 Å². The third kappa shape index (κ3) is 2.50. The number of rotatable bonds is 4. The molecule has 0 spiro atoms. The summed E-state index contributed by atoms with van der Waals surface area (Å²) < 4.78 is 0. The lowest BCUT2D eigenvalue weighted by atomic mass is 9.91. The molecule has 1 atom stereocenters. The molecule has 0 aliphatic heterocycles. The number of nitrogens with two attached hydrogens (primary N) is 1. The van der Waals surface area contributed by atoms with E-state index >= 15 is 0 Å². The molecular weight excluding hydrogens is 208 g/mol. The van der Waals surface area contributed by atoms with Gasteiger partial charge in [0.25, 0.3) is 0 Å². The highest BCUT2D eigenvalue weighted by Crippen LogP contribution is 2.53. The minimum Gasteiger partial charge on any atom is -0.323 e. The van der Waals surface area contributed by atoms with Crippen molar-refractivity contribution in [1.82, 2.24) is 0 Å². The van der Waals surface area contributed by atoms with Gasteiger partial charge in [-0.1, -0.05) is 38.1 Å². The molecule has 1 unspecified atom stereocenters. The van der Waals surface area contributed by atoms with Crippen LogP contribution in [0.25, 0.3) is 0 Å². The molecule has 0 radical (unpaired) electrons. The third-order valence-electron chi connectivity index (χ3n) is 3.59. The molecule has 1 fully saturated rings. The Balaban J connectivity index is 2.11. The van der Waals surface area contributed by atoms with Crippen LogP contribution in [0.2, 0.25) is 0 Å². The molecule has 0 amide bonds. The predicted molar refractivity (Wildman–Crippen MR) is 69.2 cm³/mol. The molecule has 0 aromatic heterocycles.